The molecule has 2 aromatic carbocycles. The van der Waals surface area contributed by atoms with Crippen LogP contribution in [0.3, 0.4) is 0 Å². The van der Waals surface area contributed by atoms with Gasteiger partial charge in [-0.15, -0.1) is 0 Å². The van der Waals surface area contributed by atoms with Gasteiger partial charge in [-0.25, -0.2) is 4.79 Å². The van der Waals surface area contributed by atoms with Crippen LogP contribution in [0.2, 0.25) is 0 Å². The predicted octanol–water partition coefficient (Wildman–Crippen LogP) is 5.85. The maximum absolute atomic E-state index is 12.5. The summed E-state index contributed by atoms with van der Waals surface area (Å²) in [6, 6.07) is 11.1. The molecule has 5 rings (SSSR count). The molecule has 0 amide bonds. The van der Waals surface area contributed by atoms with Gasteiger partial charge in [0.25, 0.3) is 0 Å². The van der Waals surface area contributed by atoms with Crippen molar-refractivity contribution in [2.75, 3.05) is 11.6 Å². The molecule has 1 aliphatic heterocycles. The number of aryl methyl sites for hydroxylation is 2. The van der Waals surface area contributed by atoms with Gasteiger partial charge >= 0.3 is 5.63 Å². The third-order valence-corrected chi connectivity index (χ3v) is 6.94. The molecule has 4 heteroatoms. The van der Waals surface area contributed by atoms with Crippen LogP contribution in [0.15, 0.2) is 39.5 Å². The standard InChI is InChI=1S/C26H29NO3/c1-4-16(2)18-9-11-20(12-10-18)27-14-19-13-23-21-7-5-6-8-22(21)26(28)30-25(23)17(3)24(19)29-15-27/h9-13,16H,4-8,14-15H2,1-3H3/t16-/m1/s1. The van der Waals surface area contributed by atoms with Gasteiger partial charge in [0.2, 0.25) is 0 Å². The van der Waals surface area contributed by atoms with E-state index in [0.717, 1.165) is 60.9 Å². The van der Waals surface area contributed by atoms with Crippen LogP contribution < -0.4 is 15.3 Å². The van der Waals surface area contributed by atoms with Gasteiger partial charge in [0, 0.05) is 34.3 Å². The molecule has 2 heterocycles. The van der Waals surface area contributed by atoms with E-state index >= 15 is 0 Å². The molecule has 30 heavy (non-hydrogen) atoms. The van der Waals surface area contributed by atoms with E-state index in [4.69, 9.17) is 9.15 Å². The molecule has 0 spiro atoms. The first-order chi connectivity index (χ1) is 14.6. The fraction of sp³-hybridized carbons (Fsp3) is 0.423. The number of hydrogen-bond donors (Lipinski definition) is 0. The Morgan fingerprint density at radius 2 is 1.83 bits per heavy atom. The monoisotopic (exact) mass is 403 g/mol. The molecule has 0 bridgehead atoms. The van der Waals surface area contributed by atoms with Gasteiger partial charge < -0.3 is 14.1 Å². The fourth-order valence-corrected chi connectivity index (χ4v) is 4.92. The molecule has 4 nitrogen and oxygen atoms in total. The van der Waals surface area contributed by atoms with Gasteiger partial charge in [0.1, 0.15) is 11.3 Å². The van der Waals surface area contributed by atoms with E-state index in [1.54, 1.807) is 0 Å². The first-order valence-corrected chi connectivity index (χ1v) is 11.2. The normalized spacial score (nSPS) is 16.7. The van der Waals surface area contributed by atoms with Crippen LogP contribution in [-0.2, 0) is 19.4 Å². The van der Waals surface area contributed by atoms with E-state index in [0.29, 0.717) is 18.2 Å². The zero-order chi connectivity index (χ0) is 20.8. The Bertz CT molecular complexity index is 1160. The van der Waals surface area contributed by atoms with Crippen molar-refractivity contribution in [1.82, 2.24) is 0 Å². The fourth-order valence-electron chi connectivity index (χ4n) is 4.92. The molecule has 0 unspecified atom stereocenters. The Balaban J connectivity index is 1.54. The summed E-state index contributed by atoms with van der Waals surface area (Å²) in [5.74, 6) is 1.45. The summed E-state index contributed by atoms with van der Waals surface area (Å²) in [6.45, 7) is 7.79. The van der Waals surface area contributed by atoms with Gasteiger partial charge in [0.05, 0.1) is 0 Å². The molecular weight excluding hydrogens is 374 g/mol. The first kappa shape index (κ1) is 19.2. The zero-order valence-corrected chi connectivity index (χ0v) is 18.1. The van der Waals surface area contributed by atoms with E-state index in [-0.39, 0.29) is 5.63 Å². The Morgan fingerprint density at radius 3 is 2.57 bits per heavy atom. The zero-order valence-electron chi connectivity index (χ0n) is 18.1. The van der Waals surface area contributed by atoms with Crippen LogP contribution in [0.1, 0.15) is 66.8 Å². The SMILES string of the molecule is CC[C@@H](C)c1ccc(N2COc3c(cc4c5c(c(=O)oc4c3C)CCCC5)C2)cc1. The van der Waals surface area contributed by atoms with Crippen LogP contribution in [0.5, 0.6) is 5.75 Å². The minimum atomic E-state index is -0.168. The molecular formula is C26H29NO3. The Morgan fingerprint density at radius 1 is 1.10 bits per heavy atom. The summed E-state index contributed by atoms with van der Waals surface area (Å²) < 4.78 is 11.9. The van der Waals surface area contributed by atoms with E-state index in [2.05, 4.69) is 49.1 Å². The van der Waals surface area contributed by atoms with E-state index < -0.39 is 0 Å². The van der Waals surface area contributed by atoms with Crippen LogP contribution in [-0.4, -0.2) is 6.73 Å². The summed E-state index contributed by atoms with van der Waals surface area (Å²) >= 11 is 0. The van der Waals surface area contributed by atoms with Crippen LogP contribution in [0, 0.1) is 6.92 Å². The lowest BCUT2D eigenvalue weighted by Crippen LogP contribution is -2.32. The second-order valence-corrected chi connectivity index (χ2v) is 8.79. The third kappa shape index (κ3) is 3.10. The van der Waals surface area contributed by atoms with Crippen molar-refractivity contribution in [3.05, 3.63) is 68.6 Å². The Kier molecular flexibility index (Phi) is 4.80. The molecule has 3 aromatic rings. The highest BCUT2D eigenvalue weighted by Gasteiger charge is 2.25. The van der Waals surface area contributed by atoms with Crippen LogP contribution >= 0.6 is 0 Å². The maximum atomic E-state index is 12.5. The highest BCUT2D eigenvalue weighted by atomic mass is 16.5. The largest absolute Gasteiger partial charge is 0.472 e. The van der Waals surface area contributed by atoms with E-state index in [1.165, 1.54) is 22.4 Å². The minimum Gasteiger partial charge on any atom is -0.472 e. The molecule has 0 saturated carbocycles. The van der Waals surface area contributed by atoms with Crippen molar-refractivity contribution in [3.8, 4) is 5.75 Å². The second kappa shape index (κ2) is 7.50. The predicted molar refractivity (Wildman–Crippen MR) is 121 cm³/mol. The third-order valence-electron chi connectivity index (χ3n) is 6.94. The van der Waals surface area contributed by atoms with Crippen molar-refractivity contribution in [1.29, 1.82) is 0 Å². The molecule has 1 atom stereocenters. The molecule has 0 N–H and O–H groups in total. The summed E-state index contributed by atoms with van der Waals surface area (Å²) in [4.78, 5) is 14.8. The number of nitrogens with zero attached hydrogens (tertiary/aromatic N) is 1. The molecule has 1 aliphatic carbocycles. The molecule has 0 radical (unpaired) electrons. The smallest absolute Gasteiger partial charge is 0.339 e. The van der Waals surface area contributed by atoms with Gasteiger partial charge in [0.15, 0.2) is 6.73 Å². The summed E-state index contributed by atoms with van der Waals surface area (Å²) in [7, 11) is 0. The second-order valence-electron chi connectivity index (χ2n) is 8.79. The van der Waals surface area contributed by atoms with Gasteiger partial charge in [-0.1, -0.05) is 26.0 Å². The van der Waals surface area contributed by atoms with E-state index in [1.807, 2.05) is 6.92 Å². The number of hydrogen-bond acceptors (Lipinski definition) is 4. The summed E-state index contributed by atoms with van der Waals surface area (Å²) in [5, 5.41) is 1.10. The lowest BCUT2D eigenvalue weighted by molar-refractivity contribution is 0.287. The highest BCUT2D eigenvalue weighted by molar-refractivity contribution is 5.87. The molecule has 1 aromatic heterocycles. The van der Waals surface area contributed by atoms with Gasteiger partial charge in [-0.3, -0.25) is 0 Å². The first-order valence-electron chi connectivity index (χ1n) is 11.2. The lowest BCUT2D eigenvalue weighted by atomic mass is 9.89. The highest BCUT2D eigenvalue weighted by Crippen LogP contribution is 2.38. The Labute approximate surface area is 177 Å². The van der Waals surface area contributed by atoms with Crippen molar-refractivity contribution >= 4 is 16.7 Å². The topological polar surface area (TPSA) is 42.7 Å². The van der Waals surface area contributed by atoms with Crippen molar-refractivity contribution in [2.24, 2.45) is 0 Å². The maximum Gasteiger partial charge on any atom is 0.339 e. The van der Waals surface area contributed by atoms with Gasteiger partial charge in [-0.05, 0) is 74.3 Å². The molecule has 156 valence electrons. The van der Waals surface area contributed by atoms with Crippen molar-refractivity contribution < 1.29 is 9.15 Å². The quantitative estimate of drug-likeness (QED) is 0.515. The number of benzene rings is 2. The van der Waals surface area contributed by atoms with Crippen LogP contribution in [0.25, 0.3) is 11.0 Å². The number of anilines is 1. The number of rotatable bonds is 3. The number of ether oxygens (including phenoxy) is 1. The number of fused-ring (bicyclic) bond motifs is 4. The summed E-state index contributed by atoms with van der Waals surface area (Å²) in [6.07, 6.45) is 5.13. The lowest BCUT2D eigenvalue weighted by Gasteiger charge is -2.32. The van der Waals surface area contributed by atoms with Gasteiger partial charge in [-0.2, -0.15) is 0 Å². The minimum absolute atomic E-state index is 0.168. The van der Waals surface area contributed by atoms with E-state index in [9.17, 15) is 4.79 Å². The Hall–Kier alpha value is -2.75. The summed E-state index contributed by atoms with van der Waals surface area (Å²) in [5.41, 5.74) is 7.26. The molecule has 0 saturated heterocycles. The average molecular weight is 404 g/mol. The average Bonchev–Trinajstić information content (AvgIpc) is 2.79. The molecule has 2 aliphatic rings. The van der Waals surface area contributed by atoms with Crippen LogP contribution in [0.4, 0.5) is 5.69 Å². The van der Waals surface area contributed by atoms with Crippen molar-refractivity contribution in [3.63, 3.8) is 0 Å². The molecule has 0 fully saturated rings. The van der Waals surface area contributed by atoms with Crippen molar-refractivity contribution in [2.45, 2.75) is 65.3 Å².